The van der Waals surface area contributed by atoms with Crippen LogP contribution in [0.3, 0.4) is 0 Å². The van der Waals surface area contributed by atoms with E-state index in [2.05, 4.69) is 114 Å². The highest BCUT2D eigenvalue weighted by atomic mass is 32.2. The van der Waals surface area contributed by atoms with Crippen LogP contribution in [0.25, 0.3) is 11.8 Å². The predicted octanol–water partition coefficient (Wildman–Crippen LogP) is 6.63. The standard InChI is InChI=1S/C26H22N3S2/c1-19-17-20(27-26(30-2)28(19)21-11-5-3-6-12-21)18-25-29(22-13-7-4-8-14-22)23-15-9-10-16-24(23)31-25/h3-18H,1-2H3/q+1. The van der Waals surface area contributed by atoms with E-state index in [0.29, 0.717) is 0 Å². The second-order valence-corrected chi connectivity index (χ2v) is 9.04. The molecule has 0 fully saturated rings. The number of aromatic nitrogens is 2. The van der Waals surface area contributed by atoms with Gasteiger partial charge in [0.2, 0.25) is 0 Å². The third kappa shape index (κ3) is 3.87. The van der Waals surface area contributed by atoms with Crippen molar-refractivity contribution in [3.05, 3.63) is 107 Å². The molecule has 2 heterocycles. The Hall–Kier alpha value is -3.02. The molecule has 0 saturated carbocycles. The Morgan fingerprint density at radius 2 is 1.58 bits per heavy atom. The van der Waals surface area contributed by atoms with Gasteiger partial charge in [-0.25, -0.2) is 0 Å². The number of para-hydroxylation sites is 3. The molecule has 0 amide bonds. The molecular weight excluding hydrogens is 418 g/mol. The minimum Gasteiger partial charge on any atom is -0.303 e. The first-order valence-corrected chi connectivity index (χ1v) is 12.2. The van der Waals surface area contributed by atoms with Crippen molar-refractivity contribution < 1.29 is 4.57 Å². The van der Waals surface area contributed by atoms with Crippen molar-refractivity contribution in [2.45, 2.75) is 17.0 Å². The predicted molar refractivity (Wildman–Crippen MR) is 131 cm³/mol. The van der Waals surface area contributed by atoms with Crippen LogP contribution in [-0.2, 0) is 0 Å². The first-order valence-electron chi connectivity index (χ1n) is 10.1. The van der Waals surface area contributed by atoms with Gasteiger partial charge in [0.25, 0.3) is 0 Å². The van der Waals surface area contributed by atoms with Crippen LogP contribution in [0.4, 0.5) is 11.4 Å². The van der Waals surface area contributed by atoms with Gasteiger partial charge < -0.3 is 4.90 Å². The summed E-state index contributed by atoms with van der Waals surface area (Å²) in [6, 6.07) is 31.6. The van der Waals surface area contributed by atoms with Crippen molar-refractivity contribution in [1.29, 1.82) is 0 Å². The number of nitrogens with zero attached hydrogens (tertiary/aromatic N) is 3. The number of rotatable bonds is 4. The molecule has 0 bridgehead atoms. The summed E-state index contributed by atoms with van der Waals surface area (Å²) in [7, 11) is 0. The van der Waals surface area contributed by atoms with Gasteiger partial charge in [-0.15, -0.1) is 0 Å². The Labute approximate surface area is 191 Å². The van der Waals surface area contributed by atoms with Crippen molar-refractivity contribution in [2.75, 3.05) is 11.2 Å². The largest absolute Gasteiger partial charge is 0.364 e. The van der Waals surface area contributed by atoms with E-state index < -0.39 is 0 Å². The Morgan fingerprint density at radius 3 is 2.32 bits per heavy atom. The van der Waals surface area contributed by atoms with Crippen LogP contribution in [0, 0.1) is 6.92 Å². The Bertz CT molecular complexity index is 1250. The van der Waals surface area contributed by atoms with E-state index >= 15 is 0 Å². The molecule has 0 unspecified atom stereocenters. The number of anilines is 2. The number of fused-ring (bicyclic) bond motifs is 1. The lowest BCUT2D eigenvalue weighted by atomic mass is 10.2. The molecule has 0 atom stereocenters. The SMILES string of the molecule is CSc1nc(/C=C2\Sc3ccccc3N2c2ccccc2)cc(C)[n+]1-c1ccccc1. The number of aryl methyl sites for hydroxylation is 1. The maximum Gasteiger partial charge on any atom is 0.364 e. The smallest absolute Gasteiger partial charge is 0.303 e. The van der Waals surface area contributed by atoms with E-state index in [0.717, 1.165) is 32.9 Å². The van der Waals surface area contributed by atoms with Crippen LogP contribution in [0.1, 0.15) is 11.4 Å². The second kappa shape index (κ2) is 8.61. The lowest BCUT2D eigenvalue weighted by Crippen LogP contribution is -2.38. The molecule has 3 nitrogen and oxygen atoms in total. The second-order valence-electron chi connectivity index (χ2n) is 7.20. The van der Waals surface area contributed by atoms with Crippen molar-refractivity contribution >= 4 is 41.0 Å². The minimum atomic E-state index is 0.963. The fourth-order valence-corrected chi connectivity index (χ4v) is 5.53. The average Bonchev–Trinajstić information content (AvgIpc) is 3.17. The van der Waals surface area contributed by atoms with Crippen molar-refractivity contribution in [3.8, 4) is 5.69 Å². The minimum absolute atomic E-state index is 0.963. The zero-order chi connectivity index (χ0) is 21.2. The van der Waals surface area contributed by atoms with Gasteiger partial charge in [0.15, 0.2) is 5.69 Å². The summed E-state index contributed by atoms with van der Waals surface area (Å²) >= 11 is 3.45. The highest BCUT2D eigenvalue weighted by molar-refractivity contribution is 8.04. The Morgan fingerprint density at radius 1 is 0.903 bits per heavy atom. The van der Waals surface area contributed by atoms with E-state index in [1.807, 2.05) is 6.07 Å². The molecule has 31 heavy (non-hydrogen) atoms. The van der Waals surface area contributed by atoms with Gasteiger partial charge >= 0.3 is 5.16 Å². The van der Waals surface area contributed by atoms with Crippen LogP contribution in [0.5, 0.6) is 0 Å². The number of benzene rings is 3. The lowest BCUT2D eigenvalue weighted by Gasteiger charge is -2.20. The van der Waals surface area contributed by atoms with E-state index in [-0.39, 0.29) is 0 Å². The van der Waals surface area contributed by atoms with Gasteiger partial charge in [-0.2, -0.15) is 4.57 Å². The average molecular weight is 441 g/mol. The van der Waals surface area contributed by atoms with Crippen LogP contribution in [-0.4, -0.2) is 11.2 Å². The van der Waals surface area contributed by atoms with Crippen molar-refractivity contribution in [2.24, 2.45) is 0 Å². The summed E-state index contributed by atoms with van der Waals surface area (Å²) in [6.07, 6.45) is 4.27. The maximum atomic E-state index is 4.99. The molecular formula is C26H22N3S2+. The fraction of sp³-hybridized carbons (Fsp3) is 0.0769. The highest BCUT2D eigenvalue weighted by Crippen LogP contribution is 2.50. The number of thioether (sulfide) groups is 2. The lowest BCUT2D eigenvalue weighted by molar-refractivity contribution is -0.647. The van der Waals surface area contributed by atoms with Crippen LogP contribution in [0.2, 0.25) is 0 Å². The van der Waals surface area contributed by atoms with Crippen LogP contribution >= 0.6 is 23.5 Å². The maximum absolute atomic E-state index is 4.99. The van der Waals surface area contributed by atoms with Gasteiger partial charge in [-0.3, -0.25) is 0 Å². The number of hydrogen-bond acceptors (Lipinski definition) is 4. The summed E-state index contributed by atoms with van der Waals surface area (Å²) in [6.45, 7) is 2.14. The van der Waals surface area contributed by atoms with Gasteiger partial charge in [0, 0.05) is 22.7 Å². The first kappa shape index (κ1) is 19.9. The summed E-state index contributed by atoms with van der Waals surface area (Å²) in [5.41, 5.74) is 5.62. The van der Waals surface area contributed by atoms with Crippen molar-refractivity contribution in [1.82, 2.24) is 4.98 Å². The summed E-state index contributed by atoms with van der Waals surface area (Å²) in [5.74, 6) is 0. The molecule has 1 aliphatic rings. The Balaban J connectivity index is 1.61. The third-order valence-corrected chi connectivity index (χ3v) is 6.86. The van der Waals surface area contributed by atoms with E-state index in [4.69, 9.17) is 4.98 Å². The molecule has 5 heteroatoms. The van der Waals surface area contributed by atoms with E-state index in [1.165, 1.54) is 10.6 Å². The fourth-order valence-electron chi connectivity index (χ4n) is 3.79. The molecule has 0 radical (unpaired) electrons. The molecule has 1 aliphatic heterocycles. The van der Waals surface area contributed by atoms with Gasteiger partial charge in [0.05, 0.1) is 10.7 Å². The molecule has 152 valence electrons. The summed E-state index contributed by atoms with van der Waals surface area (Å²) in [5, 5.41) is 2.13. The normalized spacial score (nSPS) is 14.1. The quantitative estimate of drug-likeness (QED) is 0.201. The van der Waals surface area contributed by atoms with Gasteiger partial charge in [-0.05, 0) is 66.3 Å². The molecule has 4 aromatic rings. The van der Waals surface area contributed by atoms with Crippen molar-refractivity contribution in [3.63, 3.8) is 0 Å². The van der Waals surface area contributed by atoms with Crippen LogP contribution < -0.4 is 9.47 Å². The highest BCUT2D eigenvalue weighted by Gasteiger charge is 2.27. The van der Waals surface area contributed by atoms with Crippen LogP contribution in [0.15, 0.2) is 106 Å². The number of hydrogen-bond donors (Lipinski definition) is 0. The molecule has 0 N–H and O–H groups in total. The monoisotopic (exact) mass is 440 g/mol. The van der Waals surface area contributed by atoms with E-state index in [9.17, 15) is 0 Å². The summed E-state index contributed by atoms with van der Waals surface area (Å²) < 4.78 is 2.21. The molecule has 3 aromatic carbocycles. The third-order valence-electron chi connectivity index (χ3n) is 5.15. The zero-order valence-corrected chi connectivity index (χ0v) is 19.0. The zero-order valence-electron chi connectivity index (χ0n) is 17.4. The van der Waals surface area contributed by atoms with E-state index in [1.54, 1.807) is 23.5 Å². The molecule has 0 spiro atoms. The molecule has 0 aliphatic carbocycles. The molecule has 5 rings (SSSR count). The van der Waals surface area contributed by atoms with Gasteiger partial charge in [0.1, 0.15) is 11.4 Å². The first-order chi connectivity index (χ1) is 15.2. The molecule has 1 aromatic heterocycles. The topological polar surface area (TPSA) is 20.0 Å². The van der Waals surface area contributed by atoms with Gasteiger partial charge in [-0.1, -0.05) is 60.3 Å². The molecule has 0 saturated heterocycles. The Kier molecular flexibility index (Phi) is 5.53. The summed E-state index contributed by atoms with van der Waals surface area (Å²) in [4.78, 5) is 8.56.